The summed E-state index contributed by atoms with van der Waals surface area (Å²) in [7, 11) is 0. The predicted octanol–water partition coefficient (Wildman–Crippen LogP) is 2.73. The number of carbonyl (C=O) groups excluding carboxylic acids is 1. The molecule has 3 rings (SSSR count). The third kappa shape index (κ3) is 2.62. The van der Waals surface area contributed by atoms with Gasteiger partial charge in [0.15, 0.2) is 0 Å². The molecule has 1 heterocycles. The molecule has 2 atom stereocenters. The van der Waals surface area contributed by atoms with Crippen LogP contribution in [-0.2, 0) is 4.79 Å². The van der Waals surface area contributed by atoms with E-state index in [0.717, 1.165) is 42.5 Å². The van der Waals surface area contributed by atoms with E-state index < -0.39 is 0 Å². The number of carbonyl (C=O) groups is 1. The fourth-order valence-corrected chi connectivity index (χ4v) is 3.02. The fraction of sp³-hybridized carbons (Fsp3) is 0.467. The third-order valence-corrected chi connectivity index (χ3v) is 3.88. The first kappa shape index (κ1) is 12.2. The van der Waals surface area contributed by atoms with Crippen molar-refractivity contribution in [1.82, 2.24) is 15.3 Å². The van der Waals surface area contributed by atoms with E-state index in [4.69, 9.17) is 0 Å². The lowest BCUT2D eigenvalue weighted by Gasteiger charge is -2.28. The van der Waals surface area contributed by atoms with Gasteiger partial charge in [0.2, 0.25) is 5.91 Å². The molecule has 0 radical (unpaired) electrons. The maximum absolute atomic E-state index is 11.2. The normalized spacial score (nSPS) is 23.4. The SMILES string of the molecule is CC(=O)NC1CCCC(c2nc3ccccc3[nH]2)C1. The fourth-order valence-electron chi connectivity index (χ4n) is 3.02. The van der Waals surface area contributed by atoms with Crippen LogP contribution in [0.5, 0.6) is 0 Å². The number of fused-ring (bicyclic) bond motifs is 1. The van der Waals surface area contributed by atoms with Crippen LogP contribution < -0.4 is 5.32 Å². The first-order chi connectivity index (χ1) is 9.22. The molecule has 0 bridgehead atoms. The highest BCUT2D eigenvalue weighted by Gasteiger charge is 2.25. The van der Waals surface area contributed by atoms with Gasteiger partial charge in [-0.25, -0.2) is 4.98 Å². The van der Waals surface area contributed by atoms with Crippen molar-refractivity contribution in [3.63, 3.8) is 0 Å². The van der Waals surface area contributed by atoms with Crippen molar-refractivity contribution in [3.8, 4) is 0 Å². The summed E-state index contributed by atoms with van der Waals surface area (Å²) >= 11 is 0. The Hall–Kier alpha value is -1.84. The average molecular weight is 257 g/mol. The number of aromatic nitrogens is 2. The monoisotopic (exact) mass is 257 g/mol. The molecule has 100 valence electrons. The Kier molecular flexibility index (Phi) is 3.23. The van der Waals surface area contributed by atoms with Gasteiger partial charge in [0.1, 0.15) is 5.82 Å². The highest BCUT2D eigenvalue weighted by atomic mass is 16.1. The molecule has 1 aliphatic rings. The van der Waals surface area contributed by atoms with E-state index in [1.807, 2.05) is 18.2 Å². The van der Waals surface area contributed by atoms with E-state index in [-0.39, 0.29) is 5.91 Å². The number of hydrogen-bond acceptors (Lipinski definition) is 2. The molecule has 4 heteroatoms. The lowest BCUT2D eigenvalue weighted by molar-refractivity contribution is -0.119. The summed E-state index contributed by atoms with van der Waals surface area (Å²) in [5.74, 6) is 1.56. The topological polar surface area (TPSA) is 57.8 Å². The number of nitrogens with one attached hydrogen (secondary N) is 2. The summed E-state index contributed by atoms with van der Waals surface area (Å²) in [6.45, 7) is 1.59. The van der Waals surface area contributed by atoms with Gasteiger partial charge in [-0.1, -0.05) is 18.6 Å². The molecule has 1 aliphatic carbocycles. The van der Waals surface area contributed by atoms with Crippen LogP contribution in [0.3, 0.4) is 0 Å². The van der Waals surface area contributed by atoms with Crippen molar-refractivity contribution in [3.05, 3.63) is 30.1 Å². The Morgan fingerprint density at radius 1 is 1.37 bits per heavy atom. The van der Waals surface area contributed by atoms with E-state index in [0.29, 0.717) is 12.0 Å². The van der Waals surface area contributed by atoms with E-state index in [2.05, 4.69) is 21.4 Å². The van der Waals surface area contributed by atoms with Crippen molar-refractivity contribution in [2.24, 2.45) is 0 Å². The lowest BCUT2D eigenvalue weighted by Crippen LogP contribution is -2.36. The Morgan fingerprint density at radius 2 is 2.21 bits per heavy atom. The van der Waals surface area contributed by atoms with E-state index in [1.54, 1.807) is 6.92 Å². The third-order valence-electron chi connectivity index (χ3n) is 3.88. The average Bonchev–Trinajstić information content (AvgIpc) is 2.82. The second-order valence-electron chi connectivity index (χ2n) is 5.40. The van der Waals surface area contributed by atoms with Crippen molar-refractivity contribution in [2.75, 3.05) is 0 Å². The predicted molar refractivity (Wildman–Crippen MR) is 74.9 cm³/mol. The maximum atomic E-state index is 11.2. The van der Waals surface area contributed by atoms with Crippen LogP contribution >= 0.6 is 0 Å². The highest BCUT2D eigenvalue weighted by Crippen LogP contribution is 2.32. The minimum atomic E-state index is 0.0651. The van der Waals surface area contributed by atoms with Crippen LogP contribution in [0.25, 0.3) is 11.0 Å². The summed E-state index contributed by atoms with van der Waals surface area (Å²) in [4.78, 5) is 19.3. The molecule has 2 unspecified atom stereocenters. The first-order valence-corrected chi connectivity index (χ1v) is 6.94. The number of para-hydroxylation sites is 2. The molecule has 0 spiro atoms. The zero-order chi connectivity index (χ0) is 13.2. The summed E-state index contributed by atoms with van der Waals surface area (Å²) in [6.07, 6.45) is 4.36. The largest absolute Gasteiger partial charge is 0.354 e. The first-order valence-electron chi connectivity index (χ1n) is 6.94. The molecule has 1 aromatic heterocycles. The van der Waals surface area contributed by atoms with Crippen molar-refractivity contribution in [2.45, 2.75) is 44.6 Å². The second-order valence-corrected chi connectivity index (χ2v) is 5.40. The lowest BCUT2D eigenvalue weighted by atomic mass is 9.85. The number of rotatable bonds is 2. The van der Waals surface area contributed by atoms with Gasteiger partial charge in [-0.15, -0.1) is 0 Å². The zero-order valence-corrected chi connectivity index (χ0v) is 11.1. The van der Waals surface area contributed by atoms with Crippen LogP contribution in [0, 0.1) is 0 Å². The number of amides is 1. The smallest absolute Gasteiger partial charge is 0.217 e. The summed E-state index contributed by atoms with van der Waals surface area (Å²) < 4.78 is 0. The van der Waals surface area contributed by atoms with Gasteiger partial charge in [-0.05, 0) is 31.4 Å². The number of H-pyrrole nitrogens is 1. The minimum absolute atomic E-state index is 0.0651. The summed E-state index contributed by atoms with van der Waals surface area (Å²) in [5.41, 5.74) is 2.12. The highest BCUT2D eigenvalue weighted by molar-refractivity contribution is 5.75. The van der Waals surface area contributed by atoms with Gasteiger partial charge in [-0.2, -0.15) is 0 Å². The van der Waals surface area contributed by atoms with Crippen LogP contribution in [0.2, 0.25) is 0 Å². The van der Waals surface area contributed by atoms with Crippen molar-refractivity contribution in [1.29, 1.82) is 0 Å². The molecule has 2 N–H and O–H groups in total. The van der Waals surface area contributed by atoms with E-state index in [9.17, 15) is 4.79 Å². The van der Waals surface area contributed by atoms with Crippen LogP contribution in [0.1, 0.15) is 44.3 Å². The molecule has 0 aliphatic heterocycles. The molecule has 0 saturated heterocycles. The molecular formula is C15H19N3O. The second kappa shape index (κ2) is 5.03. The number of hydrogen-bond donors (Lipinski definition) is 2. The number of imidazole rings is 1. The summed E-state index contributed by atoms with van der Waals surface area (Å²) in [6, 6.07) is 8.41. The Balaban J connectivity index is 1.79. The van der Waals surface area contributed by atoms with Crippen molar-refractivity contribution >= 4 is 16.9 Å². The molecular weight excluding hydrogens is 238 g/mol. The quantitative estimate of drug-likeness (QED) is 0.869. The molecule has 4 nitrogen and oxygen atoms in total. The van der Waals surface area contributed by atoms with Gasteiger partial charge < -0.3 is 10.3 Å². The van der Waals surface area contributed by atoms with Gasteiger partial charge >= 0.3 is 0 Å². The zero-order valence-electron chi connectivity index (χ0n) is 11.1. The number of nitrogens with zero attached hydrogens (tertiary/aromatic N) is 1. The Bertz CT molecular complexity index is 557. The molecule has 1 fully saturated rings. The van der Waals surface area contributed by atoms with Crippen LogP contribution in [0.15, 0.2) is 24.3 Å². The maximum Gasteiger partial charge on any atom is 0.217 e. The van der Waals surface area contributed by atoms with Gasteiger partial charge in [0.05, 0.1) is 11.0 Å². The minimum Gasteiger partial charge on any atom is -0.354 e. The van der Waals surface area contributed by atoms with E-state index in [1.165, 1.54) is 0 Å². The molecule has 1 saturated carbocycles. The molecule has 1 aromatic carbocycles. The Morgan fingerprint density at radius 3 is 3.00 bits per heavy atom. The number of aromatic amines is 1. The van der Waals surface area contributed by atoms with Crippen LogP contribution in [-0.4, -0.2) is 21.9 Å². The summed E-state index contributed by atoms with van der Waals surface area (Å²) in [5, 5.41) is 3.03. The Labute approximate surface area is 112 Å². The standard InChI is InChI=1S/C15H19N3O/c1-10(19)16-12-6-4-5-11(9-12)15-17-13-7-2-3-8-14(13)18-15/h2-3,7-8,11-12H,4-6,9H2,1H3,(H,16,19)(H,17,18). The molecule has 1 amide bonds. The van der Waals surface area contributed by atoms with Gasteiger partial charge in [0.25, 0.3) is 0 Å². The van der Waals surface area contributed by atoms with Crippen molar-refractivity contribution < 1.29 is 4.79 Å². The van der Waals surface area contributed by atoms with Crippen LogP contribution in [0.4, 0.5) is 0 Å². The van der Waals surface area contributed by atoms with Gasteiger partial charge in [0, 0.05) is 18.9 Å². The van der Waals surface area contributed by atoms with E-state index >= 15 is 0 Å². The molecule has 19 heavy (non-hydrogen) atoms. The number of benzene rings is 1. The molecule has 2 aromatic rings. The van der Waals surface area contributed by atoms with Gasteiger partial charge in [-0.3, -0.25) is 4.79 Å².